The zero-order chi connectivity index (χ0) is 30.8. The van der Waals surface area contributed by atoms with E-state index in [2.05, 4.69) is 34.3 Å². The van der Waals surface area contributed by atoms with Gasteiger partial charge in [-0.25, -0.2) is 4.79 Å². The fourth-order valence-electron chi connectivity index (χ4n) is 6.40. The normalized spacial score (nSPS) is 20.7. The highest BCUT2D eigenvalue weighted by molar-refractivity contribution is 6.48. The zero-order valence-corrected chi connectivity index (χ0v) is 25.0. The van der Waals surface area contributed by atoms with E-state index in [1.165, 1.54) is 24.3 Å². The van der Waals surface area contributed by atoms with Gasteiger partial charge in [0.15, 0.2) is 11.7 Å². The van der Waals surface area contributed by atoms with E-state index in [0.29, 0.717) is 18.7 Å². The third-order valence-corrected chi connectivity index (χ3v) is 9.57. The van der Waals surface area contributed by atoms with Crippen molar-refractivity contribution in [3.63, 3.8) is 0 Å². The second-order valence-electron chi connectivity index (χ2n) is 11.1. The van der Waals surface area contributed by atoms with Crippen molar-refractivity contribution < 1.29 is 27.5 Å². The molecule has 3 aliphatic heterocycles. The van der Waals surface area contributed by atoms with E-state index < -0.39 is 29.8 Å². The van der Waals surface area contributed by atoms with E-state index in [1.807, 2.05) is 36.4 Å². The number of likely N-dealkylation sites (tertiary alicyclic amines) is 1. The van der Waals surface area contributed by atoms with Gasteiger partial charge >= 0.3 is 12.1 Å². The van der Waals surface area contributed by atoms with Crippen molar-refractivity contribution in [2.45, 2.75) is 23.9 Å². The minimum Gasteiger partial charge on any atom is -0.448 e. The molecule has 11 heteroatoms. The van der Waals surface area contributed by atoms with Gasteiger partial charge in [0, 0.05) is 24.2 Å². The minimum absolute atomic E-state index is 0.00553. The molecular weight excluding hydrogens is 636 g/mol. The third-order valence-electron chi connectivity index (χ3n) is 8.38. The summed E-state index contributed by atoms with van der Waals surface area (Å²) in [5.41, 5.74) is 1.98. The summed E-state index contributed by atoms with van der Waals surface area (Å²) >= 11 is 18.2. The predicted molar refractivity (Wildman–Crippen MR) is 161 cm³/mol. The summed E-state index contributed by atoms with van der Waals surface area (Å²) in [5, 5.41) is 3.85. The molecule has 4 aromatic carbocycles. The van der Waals surface area contributed by atoms with Gasteiger partial charge in [-0.15, -0.1) is 0 Å². The summed E-state index contributed by atoms with van der Waals surface area (Å²) < 4.78 is 49.4. The second kappa shape index (κ2) is 10.8. The van der Waals surface area contributed by atoms with E-state index in [1.54, 1.807) is 6.07 Å². The van der Waals surface area contributed by atoms with E-state index >= 15 is 0 Å². The summed E-state index contributed by atoms with van der Waals surface area (Å²) in [5.74, 6) is -2.73. The highest BCUT2D eigenvalue weighted by Gasteiger charge is 2.57. The zero-order valence-electron chi connectivity index (χ0n) is 22.7. The Morgan fingerprint density at radius 1 is 0.864 bits per heavy atom. The van der Waals surface area contributed by atoms with E-state index in [9.17, 15) is 18.0 Å². The summed E-state index contributed by atoms with van der Waals surface area (Å²) in [6, 6.07) is 27.2. The molecule has 4 aromatic rings. The summed E-state index contributed by atoms with van der Waals surface area (Å²) in [7, 11) is 0. The van der Waals surface area contributed by atoms with Crippen molar-refractivity contribution >= 4 is 46.5 Å². The first-order chi connectivity index (χ1) is 21.1. The first-order valence-corrected chi connectivity index (χ1v) is 14.9. The molecule has 1 saturated heterocycles. The molecule has 5 nitrogen and oxygen atoms in total. The molecule has 0 saturated carbocycles. The molecule has 224 valence electrons. The van der Waals surface area contributed by atoms with Crippen molar-refractivity contribution in [3.8, 4) is 0 Å². The van der Waals surface area contributed by atoms with E-state index in [0.717, 1.165) is 11.1 Å². The van der Waals surface area contributed by atoms with Crippen molar-refractivity contribution in [1.29, 1.82) is 0 Å². The lowest BCUT2D eigenvalue weighted by atomic mass is 9.80. The maximum Gasteiger partial charge on any atom is 0.401 e. The van der Waals surface area contributed by atoms with E-state index in [4.69, 9.17) is 44.4 Å². The number of hydrogen-bond acceptors (Lipinski definition) is 5. The molecular formula is C33H22Cl3F3N2O3. The van der Waals surface area contributed by atoms with Crippen LogP contribution in [0.4, 0.5) is 13.2 Å². The number of hydrogen-bond donors (Lipinski definition) is 0. The first kappa shape index (κ1) is 29.2. The number of oxime groups is 1. The number of esters is 1. The molecule has 1 fully saturated rings. The molecule has 0 N–H and O–H groups in total. The number of nitrogens with zero attached hydrogens (tertiary/aromatic N) is 2. The second-order valence-corrected chi connectivity index (χ2v) is 12.3. The summed E-state index contributed by atoms with van der Waals surface area (Å²) in [6.07, 6.45) is -6.28. The number of benzene rings is 4. The molecule has 0 radical (unpaired) electrons. The van der Waals surface area contributed by atoms with Gasteiger partial charge < -0.3 is 9.57 Å². The highest BCUT2D eigenvalue weighted by Crippen LogP contribution is 2.50. The Labute approximate surface area is 265 Å². The highest BCUT2D eigenvalue weighted by atomic mass is 35.5. The first-order valence-electron chi connectivity index (χ1n) is 13.7. The Balaban J connectivity index is 1.18. The number of fused-ring (bicyclic) bond motifs is 2. The molecule has 0 bridgehead atoms. The van der Waals surface area contributed by atoms with Crippen LogP contribution < -0.4 is 0 Å². The Hall–Kier alpha value is -3.56. The minimum atomic E-state index is -4.74. The van der Waals surface area contributed by atoms with Crippen LogP contribution in [0, 0.1) is 5.92 Å². The molecule has 0 aromatic heterocycles. The van der Waals surface area contributed by atoms with E-state index in [-0.39, 0.29) is 43.5 Å². The van der Waals surface area contributed by atoms with Crippen LogP contribution in [0.25, 0.3) is 0 Å². The van der Waals surface area contributed by atoms with Crippen molar-refractivity contribution in [1.82, 2.24) is 4.90 Å². The van der Waals surface area contributed by atoms with Crippen molar-refractivity contribution in [2.75, 3.05) is 13.1 Å². The molecule has 2 atom stereocenters. The van der Waals surface area contributed by atoms with Gasteiger partial charge in [-0.3, -0.25) is 4.90 Å². The maximum atomic E-state index is 14.5. The Morgan fingerprint density at radius 3 is 2.02 bits per heavy atom. The molecule has 44 heavy (non-hydrogen) atoms. The van der Waals surface area contributed by atoms with Crippen LogP contribution in [0.1, 0.15) is 50.3 Å². The fourth-order valence-corrected chi connectivity index (χ4v) is 7.01. The number of carbonyl (C=O) groups is 1. The smallest absolute Gasteiger partial charge is 0.401 e. The van der Waals surface area contributed by atoms with Crippen molar-refractivity contribution in [2.24, 2.45) is 11.1 Å². The Kier molecular flexibility index (Phi) is 7.16. The number of carbonyl (C=O) groups excluding carboxylic acids is 1. The molecule has 0 amide bonds. The molecule has 2 unspecified atom stereocenters. The Morgan fingerprint density at radius 2 is 1.45 bits per heavy atom. The van der Waals surface area contributed by atoms with Crippen LogP contribution in [-0.4, -0.2) is 35.8 Å². The van der Waals surface area contributed by atoms with Gasteiger partial charge in [0.2, 0.25) is 0 Å². The van der Waals surface area contributed by atoms with Gasteiger partial charge in [-0.1, -0.05) is 113 Å². The lowest BCUT2D eigenvalue weighted by molar-refractivity contribution is -0.177. The molecule has 3 aliphatic rings. The van der Waals surface area contributed by atoms with Crippen LogP contribution in [0.2, 0.25) is 15.1 Å². The van der Waals surface area contributed by atoms with Gasteiger partial charge in [-0.2, -0.15) is 13.2 Å². The van der Waals surface area contributed by atoms with Gasteiger partial charge in [0.1, 0.15) is 11.6 Å². The van der Waals surface area contributed by atoms with Crippen LogP contribution in [0.15, 0.2) is 96.2 Å². The monoisotopic (exact) mass is 656 g/mol. The molecule has 1 spiro atoms. The topological polar surface area (TPSA) is 51.1 Å². The predicted octanol–water partition coefficient (Wildman–Crippen LogP) is 8.77. The number of halogens is 6. The van der Waals surface area contributed by atoms with Gasteiger partial charge in [0.05, 0.1) is 26.7 Å². The van der Waals surface area contributed by atoms with Crippen LogP contribution in [0.5, 0.6) is 0 Å². The summed E-state index contributed by atoms with van der Waals surface area (Å²) in [4.78, 5) is 20.7. The average molecular weight is 658 g/mol. The van der Waals surface area contributed by atoms with Crippen molar-refractivity contribution in [3.05, 3.63) is 139 Å². The van der Waals surface area contributed by atoms with Crippen LogP contribution in [0.3, 0.4) is 0 Å². The number of rotatable bonds is 5. The van der Waals surface area contributed by atoms with Crippen LogP contribution >= 0.6 is 34.8 Å². The molecule has 3 heterocycles. The molecule has 7 rings (SSSR count). The lowest BCUT2D eigenvalue weighted by Gasteiger charge is -2.50. The maximum absolute atomic E-state index is 14.5. The average Bonchev–Trinajstić information content (AvgIpc) is 3.57. The van der Waals surface area contributed by atoms with Gasteiger partial charge in [-0.05, 0) is 34.9 Å². The van der Waals surface area contributed by atoms with Gasteiger partial charge in [0.25, 0.3) is 0 Å². The SMILES string of the molecule is O=C1OC2(CN(C(c3ccccc3)c3ccccc3)C2)c2ccc(C3=NOC(c4cc(Cl)c(Cl)c(Cl)c4)C3C(F)(F)F)cc21. The Bertz CT molecular complexity index is 1730. The third kappa shape index (κ3) is 4.85. The summed E-state index contributed by atoms with van der Waals surface area (Å²) in [6.45, 7) is 0.851. The standard InChI is InChI=1S/C33H22Cl3F3N2O3/c34-24-14-21(15-25(35)27(24)36)30-26(33(37,38)39)28(40-44-30)20-11-12-23-22(13-20)31(42)43-32(23)16-41(17-32)29(18-7-3-1-4-8-18)19-9-5-2-6-10-19/h1-15,26,29-30H,16-17H2. The van der Waals surface area contributed by atoms with Crippen LogP contribution in [-0.2, 0) is 15.2 Å². The largest absolute Gasteiger partial charge is 0.448 e. The fraction of sp³-hybridized carbons (Fsp3) is 0.212. The molecule has 0 aliphatic carbocycles. The quantitative estimate of drug-likeness (QED) is 0.159. The lowest BCUT2D eigenvalue weighted by Crippen LogP contribution is -2.60. The number of alkyl halides is 3. The number of ether oxygens (including phenoxy) is 1.